The lowest BCUT2D eigenvalue weighted by Gasteiger charge is -2.14. The second-order valence-electron chi connectivity index (χ2n) is 5.53. The van der Waals surface area contributed by atoms with Crippen LogP contribution >= 0.6 is 11.6 Å². The van der Waals surface area contributed by atoms with Crippen molar-refractivity contribution in [2.24, 2.45) is 0 Å². The molecule has 0 spiro atoms. The number of benzene rings is 2. The third-order valence-electron chi connectivity index (χ3n) is 3.67. The van der Waals surface area contributed by atoms with Crippen LogP contribution in [0.1, 0.15) is 17.3 Å². The van der Waals surface area contributed by atoms with E-state index in [1.54, 1.807) is 18.2 Å². The maximum atomic E-state index is 12.2. The number of fused-ring (bicyclic) bond motifs is 1. The van der Waals surface area contributed by atoms with E-state index in [1.807, 2.05) is 0 Å². The van der Waals surface area contributed by atoms with Crippen molar-refractivity contribution in [3.8, 4) is 11.5 Å². The Morgan fingerprint density at radius 2 is 1.96 bits per heavy atom. The zero-order chi connectivity index (χ0) is 19.6. The summed E-state index contributed by atoms with van der Waals surface area (Å²) in [7, 11) is 0. The summed E-state index contributed by atoms with van der Waals surface area (Å²) < 4.78 is 15.5. The molecule has 1 heterocycles. The smallest absolute Gasteiger partial charge is 0.340 e. The molecule has 1 atom stereocenters. The number of nitro benzene ring substituents is 1. The molecule has 9 nitrogen and oxygen atoms in total. The monoisotopic (exact) mass is 392 g/mol. The Balaban J connectivity index is 1.66. The number of ether oxygens (including phenoxy) is 3. The van der Waals surface area contributed by atoms with Crippen molar-refractivity contribution in [2.45, 2.75) is 13.0 Å². The number of nitrogens with one attached hydrogen (secondary N) is 1. The second-order valence-corrected chi connectivity index (χ2v) is 5.93. The summed E-state index contributed by atoms with van der Waals surface area (Å²) in [6.45, 7) is 1.47. The van der Waals surface area contributed by atoms with Gasteiger partial charge >= 0.3 is 5.97 Å². The van der Waals surface area contributed by atoms with Crippen molar-refractivity contribution < 1.29 is 28.7 Å². The molecule has 0 unspecified atom stereocenters. The molecule has 0 radical (unpaired) electrons. The average Bonchev–Trinajstić information content (AvgIpc) is 3.09. The minimum atomic E-state index is -1.17. The lowest BCUT2D eigenvalue weighted by Crippen LogP contribution is -2.30. The fourth-order valence-electron chi connectivity index (χ4n) is 2.28. The number of nitro groups is 1. The third kappa shape index (κ3) is 4.09. The van der Waals surface area contributed by atoms with Crippen molar-refractivity contribution >= 4 is 34.9 Å². The molecule has 0 saturated heterocycles. The maximum absolute atomic E-state index is 12.2. The molecule has 1 aliphatic rings. The molecule has 0 saturated carbocycles. The summed E-state index contributed by atoms with van der Waals surface area (Å²) in [5.41, 5.74) is -0.0852. The number of carbonyl (C=O) groups excluding carboxylic acids is 2. The zero-order valence-electron chi connectivity index (χ0n) is 13.9. The lowest BCUT2D eigenvalue weighted by molar-refractivity contribution is -0.384. The molecule has 27 heavy (non-hydrogen) atoms. The van der Waals surface area contributed by atoms with Gasteiger partial charge in [-0.05, 0) is 25.1 Å². The molecule has 1 N–H and O–H groups in total. The van der Waals surface area contributed by atoms with Gasteiger partial charge in [0.1, 0.15) is 0 Å². The minimum absolute atomic E-state index is 0.0195. The van der Waals surface area contributed by atoms with E-state index in [4.69, 9.17) is 25.8 Å². The number of nitrogens with zero attached hydrogens (tertiary/aromatic N) is 1. The van der Waals surface area contributed by atoms with Crippen LogP contribution in [0, 0.1) is 10.1 Å². The van der Waals surface area contributed by atoms with Gasteiger partial charge in [-0.15, -0.1) is 0 Å². The van der Waals surface area contributed by atoms with Gasteiger partial charge in [-0.2, -0.15) is 0 Å². The molecule has 1 amide bonds. The first kappa shape index (κ1) is 18.5. The molecule has 0 aromatic heterocycles. The van der Waals surface area contributed by atoms with Gasteiger partial charge in [-0.3, -0.25) is 14.9 Å². The number of hydrogen-bond acceptors (Lipinski definition) is 7. The van der Waals surface area contributed by atoms with Crippen LogP contribution in [0.25, 0.3) is 0 Å². The summed E-state index contributed by atoms with van der Waals surface area (Å²) in [4.78, 5) is 34.6. The largest absolute Gasteiger partial charge is 0.454 e. The van der Waals surface area contributed by atoms with E-state index in [0.29, 0.717) is 17.2 Å². The molecule has 0 aliphatic carbocycles. The normalized spacial score (nSPS) is 13.0. The van der Waals surface area contributed by atoms with E-state index in [1.165, 1.54) is 13.0 Å². The van der Waals surface area contributed by atoms with Crippen LogP contribution in [0.15, 0.2) is 36.4 Å². The Hall–Kier alpha value is -3.33. The van der Waals surface area contributed by atoms with E-state index in [-0.39, 0.29) is 23.1 Å². The summed E-state index contributed by atoms with van der Waals surface area (Å²) >= 11 is 5.89. The summed E-state index contributed by atoms with van der Waals surface area (Å²) in [6.07, 6.45) is -1.17. The lowest BCUT2D eigenvalue weighted by atomic mass is 10.2. The third-order valence-corrected chi connectivity index (χ3v) is 4.00. The molecule has 3 rings (SSSR count). The highest BCUT2D eigenvalue weighted by atomic mass is 35.5. The van der Waals surface area contributed by atoms with E-state index < -0.39 is 22.9 Å². The van der Waals surface area contributed by atoms with Gasteiger partial charge in [0.2, 0.25) is 6.79 Å². The van der Waals surface area contributed by atoms with Crippen LogP contribution in [-0.4, -0.2) is 29.7 Å². The number of carbonyl (C=O) groups is 2. The molecule has 2 aromatic rings. The van der Waals surface area contributed by atoms with Crippen LogP contribution in [0.3, 0.4) is 0 Å². The molecule has 1 aliphatic heterocycles. The van der Waals surface area contributed by atoms with Gasteiger partial charge in [-0.1, -0.05) is 11.6 Å². The Morgan fingerprint density at radius 3 is 2.70 bits per heavy atom. The SMILES string of the molecule is C[C@@H](OC(=O)c1cc([N+](=O)[O-])ccc1Cl)C(=O)Nc1ccc2c(c1)OCO2. The predicted molar refractivity (Wildman–Crippen MR) is 94.2 cm³/mol. The number of amides is 1. The highest BCUT2D eigenvalue weighted by Crippen LogP contribution is 2.34. The first-order chi connectivity index (χ1) is 12.8. The second kappa shape index (κ2) is 7.50. The van der Waals surface area contributed by atoms with E-state index in [2.05, 4.69) is 5.32 Å². The van der Waals surface area contributed by atoms with Gasteiger partial charge in [0.05, 0.1) is 15.5 Å². The Morgan fingerprint density at radius 1 is 1.22 bits per heavy atom. The molecule has 140 valence electrons. The Kier molecular flexibility index (Phi) is 5.13. The topological polar surface area (TPSA) is 117 Å². The van der Waals surface area contributed by atoms with Gasteiger partial charge in [0.25, 0.3) is 11.6 Å². The van der Waals surface area contributed by atoms with Crippen molar-refractivity contribution in [3.63, 3.8) is 0 Å². The van der Waals surface area contributed by atoms with E-state index in [9.17, 15) is 19.7 Å². The number of halogens is 1. The van der Waals surface area contributed by atoms with Crippen LogP contribution in [-0.2, 0) is 9.53 Å². The Labute approximate surface area is 157 Å². The number of esters is 1. The van der Waals surface area contributed by atoms with E-state index >= 15 is 0 Å². The summed E-state index contributed by atoms with van der Waals surface area (Å²) in [5.74, 6) is -0.491. The van der Waals surface area contributed by atoms with Crippen LogP contribution in [0.5, 0.6) is 11.5 Å². The number of non-ortho nitro benzene ring substituents is 1. The standard InChI is InChI=1S/C17H13ClN2O7/c1-9(16(21)19-10-2-5-14-15(6-10)26-8-25-14)27-17(22)12-7-11(20(23)24)3-4-13(12)18/h2-7,9H,8H2,1H3,(H,19,21)/t9-/m1/s1. The highest BCUT2D eigenvalue weighted by Gasteiger charge is 2.23. The maximum Gasteiger partial charge on any atom is 0.340 e. The molecule has 10 heteroatoms. The van der Waals surface area contributed by atoms with Gasteiger partial charge in [0.15, 0.2) is 17.6 Å². The van der Waals surface area contributed by atoms with Gasteiger partial charge < -0.3 is 19.5 Å². The van der Waals surface area contributed by atoms with Crippen LogP contribution in [0.4, 0.5) is 11.4 Å². The average molecular weight is 393 g/mol. The van der Waals surface area contributed by atoms with Gasteiger partial charge in [-0.25, -0.2) is 4.79 Å². The number of hydrogen-bond donors (Lipinski definition) is 1. The molecule has 2 aromatic carbocycles. The first-order valence-corrected chi connectivity index (χ1v) is 8.08. The quantitative estimate of drug-likeness (QED) is 0.471. The van der Waals surface area contributed by atoms with Crippen LogP contribution < -0.4 is 14.8 Å². The fraction of sp³-hybridized carbons (Fsp3) is 0.176. The molecular formula is C17H13ClN2O7. The van der Waals surface area contributed by atoms with Crippen molar-refractivity contribution in [1.29, 1.82) is 0 Å². The van der Waals surface area contributed by atoms with Gasteiger partial charge in [0, 0.05) is 23.9 Å². The van der Waals surface area contributed by atoms with Crippen molar-refractivity contribution in [3.05, 3.63) is 57.1 Å². The van der Waals surface area contributed by atoms with Crippen molar-refractivity contribution in [1.82, 2.24) is 0 Å². The van der Waals surface area contributed by atoms with Crippen molar-refractivity contribution in [2.75, 3.05) is 12.1 Å². The van der Waals surface area contributed by atoms with Crippen LogP contribution in [0.2, 0.25) is 5.02 Å². The molecular weight excluding hydrogens is 380 g/mol. The fourth-order valence-corrected chi connectivity index (χ4v) is 2.47. The minimum Gasteiger partial charge on any atom is -0.454 e. The Bertz CT molecular complexity index is 931. The number of anilines is 1. The first-order valence-electron chi connectivity index (χ1n) is 7.70. The highest BCUT2D eigenvalue weighted by molar-refractivity contribution is 6.33. The molecule has 0 bridgehead atoms. The summed E-state index contributed by atoms with van der Waals surface area (Å²) in [6, 6.07) is 8.19. The molecule has 0 fully saturated rings. The zero-order valence-corrected chi connectivity index (χ0v) is 14.7. The summed E-state index contributed by atoms with van der Waals surface area (Å²) in [5, 5.41) is 13.4. The van der Waals surface area contributed by atoms with E-state index in [0.717, 1.165) is 12.1 Å². The number of rotatable bonds is 5. The predicted octanol–water partition coefficient (Wildman–Crippen LogP) is 3.16.